The van der Waals surface area contributed by atoms with E-state index < -0.39 is 19.1 Å². The Balaban J connectivity index is 1.46. The van der Waals surface area contributed by atoms with Crippen LogP contribution in [0.2, 0.25) is 0 Å². The number of rotatable bonds is 8. The fourth-order valence-corrected chi connectivity index (χ4v) is 3.41. The van der Waals surface area contributed by atoms with Gasteiger partial charge in [-0.05, 0) is 37.0 Å². The lowest BCUT2D eigenvalue weighted by molar-refractivity contribution is -0.115. The zero-order chi connectivity index (χ0) is 21.5. The van der Waals surface area contributed by atoms with E-state index in [1.165, 1.54) is 0 Å². The highest BCUT2D eigenvalue weighted by Gasteiger charge is 2.30. The summed E-state index contributed by atoms with van der Waals surface area (Å²) in [5, 5.41) is 11.8. The van der Waals surface area contributed by atoms with Crippen molar-refractivity contribution in [2.45, 2.75) is 44.1 Å². The third-order valence-corrected chi connectivity index (χ3v) is 4.89. The average Bonchev–Trinajstić information content (AvgIpc) is 3.36. The number of amides is 2. The van der Waals surface area contributed by atoms with Gasteiger partial charge in [-0.25, -0.2) is 13.6 Å². The van der Waals surface area contributed by atoms with E-state index in [9.17, 15) is 18.4 Å². The SMILES string of the molecule is COc1ccc(CC(=O)Nc2cc([C@H]3CCC(OC(=O)NCC(F)F)C3)[nH]n2)cc1. The summed E-state index contributed by atoms with van der Waals surface area (Å²) < 4.78 is 34.5. The first-order valence-corrected chi connectivity index (χ1v) is 9.63. The molecular formula is C20H24F2N4O4. The number of methoxy groups -OCH3 is 1. The standard InChI is InChI=1S/C20H24F2N4O4/c1-29-14-5-2-12(3-6-14)8-19(27)24-18-10-16(25-26-18)13-4-7-15(9-13)30-20(28)23-11-17(21)22/h2-3,5-6,10,13,15,17H,4,7-9,11H2,1H3,(H,23,28)(H2,24,25,26,27)/t13-,15?/m0/s1. The van der Waals surface area contributed by atoms with Gasteiger partial charge in [0.25, 0.3) is 6.43 Å². The maximum absolute atomic E-state index is 12.2. The predicted octanol–water partition coefficient (Wildman–Crippen LogP) is 3.23. The Morgan fingerprint density at radius 1 is 1.27 bits per heavy atom. The van der Waals surface area contributed by atoms with Crippen LogP contribution in [0.3, 0.4) is 0 Å². The fourth-order valence-electron chi connectivity index (χ4n) is 3.41. The van der Waals surface area contributed by atoms with Gasteiger partial charge in [-0.3, -0.25) is 9.89 Å². The molecule has 1 unspecified atom stereocenters. The van der Waals surface area contributed by atoms with E-state index in [-0.39, 0.29) is 24.3 Å². The minimum absolute atomic E-state index is 0.0811. The van der Waals surface area contributed by atoms with Crippen molar-refractivity contribution in [3.8, 4) is 5.75 Å². The molecule has 1 aliphatic rings. The highest BCUT2D eigenvalue weighted by molar-refractivity contribution is 5.91. The first kappa shape index (κ1) is 21.5. The maximum Gasteiger partial charge on any atom is 0.407 e. The van der Waals surface area contributed by atoms with Crippen LogP contribution >= 0.6 is 0 Å². The van der Waals surface area contributed by atoms with E-state index in [1.54, 1.807) is 25.3 Å². The van der Waals surface area contributed by atoms with Gasteiger partial charge in [-0.1, -0.05) is 12.1 Å². The van der Waals surface area contributed by atoms with Crippen molar-refractivity contribution in [2.75, 3.05) is 19.0 Å². The van der Waals surface area contributed by atoms with E-state index in [4.69, 9.17) is 9.47 Å². The Bertz CT molecular complexity index is 857. The van der Waals surface area contributed by atoms with Crippen molar-refractivity contribution >= 4 is 17.8 Å². The Morgan fingerprint density at radius 3 is 2.73 bits per heavy atom. The van der Waals surface area contributed by atoms with Crippen LogP contribution in [0.4, 0.5) is 19.4 Å². The molecule has 1 saturated carbocycles. The van der Waals surface area contributed by atoms with Crippen molar-refractivity contribution in [3.05, 3.63) is 41.6 Å². The summed E-state index contributed by atoms with van der Waals surface area (Å²) in [5.74, 6) is 1.03. The molecule has 10 heteroatoms. The molecule has 3 rings (SSSR count). The third-order valence-electron chi connectivity index (χ3n) is 4.89. The lowest BCUT2D eigenvalue weighted by Crippen LogP contribution is -2.31. The van der Waals surface area contributed by atoms with Gasteiger partial charge in [0.15, 0.2) is 5.82 Å². The molecule has 162 valence electrons. The van der Waals surface area contributed by atoms with Gasteiger partial charge in [0, 0.05) is 17.7 Å². The van der Waals surface area contributed by atoms with Gasteiger partial charge in [-0.15, -0.1) is 0 Å². The van der Waals surface area contributed by atoms with Crippen LogP contribution in [-0.2, 0) is 16.0 Å². The molecule has 0 bridgehead atoms. The lowest BCUT2D eigenvalue weighted by atomic mass is 10.0. The number of carbonyl (C=O) groups is 2. The van der Waals surface area contributed by atoms with Crippen molar-refractivity contribution in [1.82, 2.24) is 15.5 Å². The number of alkyl carbamates (subject to hydrolysis) is 1. The number of aromatic amines is 1. The number of hydrogen-bond donors (Lipinski definition) is 3. The van der Waals surface area contributed by atoms with Crippen molar-refractivity contribution in [3.63, 3.8) is 0 Å². The van der Waals surface area contributed by atoms with Crippen LogP contribution in [0.25, 0.3) is 0 Å². The van der Waals surface area contributed by atoms with E-state index in [0.717, 1.165) is 23.4 Å². The summed E-state index contributed by atoms with van der Waals surface area (Å²) in [6.45, 7) is -0.727. The smallest absolute Gasteiger partial charge is 0.407 e. The number of alkyl halides is 2. The number of aromatic nitrogens is 2. The first-order valence-electron chi connectivity index (χ1n) is 9.63. The summed E-state index contributed by atoms with van der Waals surface area (Å²) in [6, 6.07) is 8.99. The van der Waals surface area contributed by atoms with Crippen molar-refractivity contribution in [1.29, 1.82) is 0 Å². The number of hydrogen-bond acceptors (Lipinski definition) is 5. The average molecular weight is 422 g/mol. The van der Waals surface area contributed by atoms with Crippen LogP contribution in [-0.4, -0.2) is 48.4 Å². The number of carbonyl (C=O) groups excluding carboxylic acids is 2. The molecule has 30 heavy (non-hydrogen) atoms. The van der Waals surface area contributed by atoms with Crippen molar-refractivity contribution < 1.29 is 27.8 Å². The monoisotopic (exact) mass is 422 g/mol. The van der Waals surface area contributed by atoms with Gasteiger partial charge in [-0.2, -0.15) is 5.10 Å². The first-order chi connectivity index (χ1) is 14.4. The molecule has 3 N–H and O–H groups in total. The zero-order valence-corrected chi connectivity index (χ0v) is 16.5. The number of benzene rings is 1. The molecule has 2 amide bonds. The van der Waals surface area contributed by atoms with Gasteiger partial charge in [0.2, 0.25) is 5.91 Å². The third kappa shape index (κ3) is 6.16. The molecular weight excluding hydrogens is 398 g/mol. The van der Waals surface area contributed by atoms with Gasteiger partial charge in [0.05, 0.1) is 20.1 Å². The summed E-state index contributed by atoms with van der Waals surface area (Å²) >= 11 is 0. The van der Waals surface area contributed by atoms with Gasteiger partial charge >= 0.3 is 6.09 Å². The largest absolute Gasteiger partial charge is 0.497 e. The summed E-state index contributed by atoms with van der Waals surface area (Å²) in [7, 11) is 1.58. The van der Waals surface area contributed by atoms with E-state index >= 15 is 0 Å². The minimum atomic E-state index is -2.61. The molecule has 0 aliphatic heterocycles. The van der Waals surface area contributed by atoms with E-state index in [0.29, 0.717) is 18.7 Å². The Labute approximate surface area is 172 Å². The van der Waals surface area contributed by atoms with Crippen LogP contribution in [0, 0.1) is 0 Å². The topological polar surface area (TPSA) is 105 Å². The summed E-state index contributed by atoms with van der Waals surface area (Å²) in [5.41, 5.74) is 1.68. The highest BCUT2D eigenvalue weighted by Crippen LogP contribution is 2.35. The summed E-state index contributed by atoms with van der Waals surface area (Å²) in [4.78, 5) is 23.8. The number of ether oxygens (including phenoxy) is 2. The molecule has 1 fully saturated rings. The molecule has 0 spiro atoms. The second kappa shape index (κ2) is 10.0. The van der Waals surface area contributed by atoms with Gasteiger partial charge < -0.3 is 20.1 Å². The van der Waals surface area contributed by atoms with E-state index in [2.05, 4.69) is 15.5 Å². The fraction of sp³-hybridized carbons (Fsp3) is 0.450. The molecule has 2 aromatic rings. The number of nitrogens with one attached hydrogen (secondary N) is 3. The number of nitrogens with zero attached hydrogens (tertiary/aromatic N) is 1. The quantitative estimate of drug-likeness (QED) is 0.606. The molecule has 1 aromatic heterocycles. The molecule has 0 radical (unpaired) electrons. The Morgan fingerprint density at radius 2 is 2.03 bits per heavy atom. The van der Waals surface area contributed by atoms with Crippen LogP contribution in [0.5, 0.6) is 5.75 Å². The highest BCUT2D eigenvalue weighted by atomic mass is 19.3. The lowest BCUT2D eigenvalue weighted by Gasteiger charge is -2.13. The summed E-state index contributed by atoms with van der Waals surface area (Å²) in [6.07, 6.45) is -1.64. The normalized spacial score (nSPS) is 18.3. The molecule has 1 heterocycles. The number of anilines is 1. The second-order valence-corrected chi connectivity index (χ2v) is 7.09. The van der Waals surface area contributed by atoms with E-state index in [1.807, 2.05) is 17.4 Å². The number of H-pyrrole nitrogens is 1. The minimum Gasteiger partial charge on any atom is -0.497 e. The number of halogens is 2. The Kier molecular flexibility index (Phi) is 7.21. The van der Waals surface area contributed by atoms with Crippen molar-refractivity contribution in [2.24, 2.45) is 0 Å². The molecule has 1 aromatic carbocycles. The molecule has 0 saturated heterocycles. The molecule has 1 aliphatic carbocycles. The Hall–Kier alpha value is -3.17. The van der Waals surface area contributed by atoms with Crippen LogP contribution in [0.15, 0.2) is 30.3 Å². The second-order valence-electron chi connectivity index (χ2n) is 7.09. The molecule has 2 atom stereocenters. The predicted molar refractivity (Wildman–Crippen MR) is 105 cm³/mol. The van der Waals surface area contributed by atoms with Crippen LogP contribution < -0.4 is 15.4 Å². The van der Waals surface area contributed by atoms with Crippen LogP contribution in [0.1, 0.15) is 36.4 Å². The zero-order valence-electron chi connectivity index (χ0n) is 16.5. The van der Waals surface area contributed by atoms with Gasteiger partial charge in [0.1, 0.15) is 11.9 Å². The molecule has 8 nitrogen and oxygen atoms in total. The maximum atomic E-state index is 12.2.